The molecule has 0 N–H and O–H groups in total. The highest BCUT2D eigenvalue weighted by atomic mass is 16.4. The van der Waals surface area contributed by atoms with Gasteiger partial charge in [0.1, 0.15) is 5.69 Å². The van der Waals surface area contributed by atoms with Gasteiger partial charge < -0.3 is 9.32 Å². The smallest absolute Gasteiger partial charge is 0.267 e. The molecule has 0 radical (unpaired) electrons. The lowest BCUT2D eigenvalue weighted by Crippen LogP contribution is -2.31. The number of rotatable bonds is 3. The van der Waals surface area contributed by atoms with Gasteiger partial charge in [-0.15, -0.1) is 10.2 Å². The molecule has 0 amide bonds. The molecule has 104 valence electrons. The molecule has 6 nitrogen and oxygen atoms in total. The molecule has 1 aliphatic heterocycles. The van der Waals surface area contributed by atoms with Crippen molar-refractivity contribution in [2.24, 2.45) is 11.8 Å². The average molecular weight is 271 g/mol. The molecule has 0 unspecified atom stereocenters. The molecule has 1 saturated carbocycles. The van der Waals surface area contributed by atoms with Gasteiger partial charge in [-0.05, 0) is 25.7 Å². The molecule has 1 saturated heterocycles. The van der Waals surface area contributed by atoms with Gasteiger partial charge in [0.25, 0.3) is 5.89 Å². The van der Waals surface area contributed by atoms with E-state index in [9.17, 15) is 0 Å². The summed E-state index contributed by atoms with van der Waals surface area (Å²) in [5.74, 6) is 3.06. The summed E-state index contributed by atoms with van der Waals surface area (Å²) < 4.78 is 5.78. The number of hydrogen-bond donors (Lipinski definition) is 0. The molecule has 0 spiro atoms. The van der Waals surface area contributed by atoms with Gasteiger partial charge in [-0.2, -0.15) is 0 Å². The van der Waals surface area contributed by atoms with E-state index in [0.717, 1.165) is 19.0 Å². The first-order valence-electron chi connectivity index (χ1n) is 7.08. The molecular formula is C14H17N5O. The van der Waals surface area contributed by atoms with Crippen molar-refractivity contribution in [3.8, 4) is 11.6 Å². The molecule has 2 aromatic heterocycles. The van der Waals surface area contributed by atoms with Gasteiger partial charge in [0.2, 0.25) is 5.89 Å². The summed E-state index contributed by atoms with van der Waals surface area (Å²) in [6.07, 6.45) is 4.91. The molecule has 20 heavy (non-hydrogen) atoms. The normalized spacial score (nSPS) is 28.9. The zero-order valence-electron chi connectivity index (χ0n) is 11.6. The van der Waals surface area contributed by atoms with E-state index in [1.165, 1.54) is 0 Å². The Morgan fingerprint density at radius 3 is 2.65 bits per heavy atom. The maximum absolute atomic E-state index is 5.78. The van der Waals surface area contributed by atoms with Crippen LogP contribution in [-0.2, 0) is 0 Å². The monoisotopic (exact) mass is 271 g/mol. The third kappa shape index (κ3) is 1.83. The van der Waals surface area contributed by atoms with E-state index in [1.807, 2.05) is 0 Å². The summed E-state index contributed by atoms with van der Waals surface area (Å²) in [7, 11) is 0. The first-order valence-corrected chi connectivity index (χ1v) is 7.08. The largest absolute Gasteiger partial charge is 0.419 e. The second-order valence-electron chi connectivity index (χ2n) is 5.94. The predicted octanol–water partition coefficient (Wildman–Crippen LogP) is 1.58. The first kappa shape index (κ1) is 12.0. The maximum Gasteiger partial charge on any atom is 0.267 e. The van der Waals surface area contributed by atoms with Crippen LogP contribution in [0.25, 0.3) is 11.6 Å². The number of fused-ring (bicyclic) bond motifs is 1. The summed E-state index contributed by atoms with van der Waals surface area (Å²) in [4.78, 5) is 10.7. The Morgan fingerprint density at radius 2 is 2.00 bits per heavy atom. The number of aromatic nitrogens is 4. The Bertz CT molecular complexity index is 599. The molecule has 0 bridgehead atoms. The van der Waals surface area contributed by atoms with Crippen LogP contribution in [0, 0.1) is 11.8 Å². The van der Waals surface area contributed by atoms with Gasteiger partial charge in [-0.25, -0.2) is 4.98 Å². The highest BCUT2D eigenvalue weighted by Crippen LogP contribution is 2.58. The van der Waals surface area contributed by atoms with Crippen molar-refractivity contribution >= 4 is 0 Å². The minimum atomic E-state index is 0.447. The van der Waals surface area contributed by atoms with Crippen LogP contribution in [-0.4, -0.2) is 44.2 Å². The van der Waals surface area contributed by atoms with Crippen molar-refractivity contribution in [1.29, 1.82) is 0 Å². The number of hydrogen-bond acceptors (Lipinski definition) is 6. The van der Waals surface area contributed by atoms with Gasteiger partial charge in [0.15, 0.2) is 0 Å². The Hall–Kier alpha value is -1.82. The molecule has 1 aliphatic carbocycles. The van der Waals surface area contributed by atoms with Crippen molar-refractivity contribution in [1.82, 2.24) is 25.1 Å². The SMILES string of the molecule is CC(C)N1C[C@@H]2[C@H](C1)[C@H]2c1nnc(-c2cnccn2)o1. The Kier molecular flexibility index (Phi) is 2.60. The van der Waals surface area contributed by atoms with Crippen molar-refractivity contribution in [2.75, 3.05) is 13.1 Å². The standard InChI is InChI=1S/C14H17N5O/c1-8(2)19-6-9-10(7-19)12(9)14-18-17-13(20-14)11-5-15-3-4-16-11/h3-5,8-10,12H,6-7H2,1-2H3/t9-,10+,12+. The van der Waals surface area contributed by atoms with Crippen LogP contribution in [0.5, 0.6) is 0 Å². The molecule has 4 rings (SSSR count). The maximum atomic E-state index is 5.78. The molecule has 3 heterocycles. The Balaban J connectivity index is 1.49. The number of piperidine rings is 1. The minimum absolute atomic E-state index is 0.447. The third-order valence-corrected chi connectivity index (χ3v) is 4.46. The zero-order valence-corrected chi connectivity index (χ0v) is 11.6. The Labute approximate surface area is 117 Å². The van der Waals surface area contributed by atoms with Crippen molar-refractivity contribution in [2.45, 2.75) is 25.8 Å². The third-order valence-electron chi connectivity index (χ3n) is 4.46. The highest BCUT2D eigenvalue weighted by molar-refractivity contribution is 5.43. The number of likely N-dealkylation sites (tertiary alicyclic amines) is 1. The van der Waals surface area contributed by atoms with Crippen LogP contribution in [0.4, 0.5) is 0 Å². The second-order valence-corrected chi connectivity index (χ2v) is 5.94. The van der Waals surface area contributed by atoms with E-state index >= 15 is 0 Å². The van der Waals surface area contributed by atoms with Gasteiger partial charge in [-0.3, -0.25) is 4.98 Å². The van der Waals surface area contributed by atoms with Crippen LogP contribution in [0.1, 0.15) is 25.7 Å². The van der Waals surface area contributed by atoms with Gasteiger partial charge >= 0.3 is 0 Å². The molecule has 2 aromatic rings. The molecule has 3 atom stereocenters. The fourth-order valence-corrected chi connectivity index (χ4v) is 3.23. The molecule has 0 aromatic carbocycles. The van der Waals surface area contributed by atoms with Gasteiger partial charge in [0.05, 0.1) is 6.20 Å². The number of nitrogens with zero attached hydrogens (tertiary/aromatic N) is 5. The van der Waals surface area contributed by atoms with Crippen LogP contribution in [0.2, 0.25) is 0 Å². The summed E-state index contributed by atoms with van der Waals surface area (Å²) in [5.41, 5.74) is 0.640. The average Bonchev–Trinajstić information content (AvgIpc) is 2.89. The topological polar surface area (TPSA) is 67.9 Å². The Morgan fingerprint density at radius 1 is 1.20 bits per heavy atom. The fraction of sp³-hybridized carbons (Fsp3) is 0.571. The van der Waals surface area contributed by atoms with Crippen molar-refractivity contribution < 1.29 is 4.42 Å². The predicted molar refractivity (Wildman–Crippen MR) is 71.8 cm³/mol. The summed E-state index contributed by atoms with van der Waals surface area (Å²) in [6, 6.07) is 0.626. The summed E-state index contributed by atoms with van der Waals surface area (Å²) >= 11 is 0. The highest BCUT2D eigenvalue weighted by Gasteiger charge is 2.59. The van der Waals surface area contributed by atoms with Crippen molar-refractivity contribution in [3.63, 3.8) is 0 Å². The molecule has 6 heteroatoms. The fourth-order valence-electron chi connectivity index (χ4n) is 3.23. The van der Waals surface area contributed by atoms with E-state index in [1.54, 1.807) is 18.6 Å². The van der Waals surface area contributed by atoms with E-state index in [-0.39, 0.29) is 0 Å². The van der Waals surface area contributed by atoms with Crippen molar-refractivity contribution in [3.05, 3.63) is 24.5 Å². The van der Waals surface area contributed by atoms with Crippen LogP contribution >= 0.6 is 0 Å². The van der Waals surface area contributed by atoms with Crippen LogP contribution in [0.3, 0.4) is 0 Å². The molecule has 2 aliphatic rings. The van der Waals surface area contributed by atoms with E-state index < -0.39 is 0 Å². The minimum Gasteiger partial charge on any atom is -0.419 e. The van der Waals surface area contributed by atoms with E-state index in [0.29, 0.717) is 35.4 Å². The first-order chi connectivity index (χ1) is 9.74. The lowest BCUT2D eigenvalue weighted by molar-refractivity contribution is 0.238. The lowest BCUT2D eigenvalue weighted by Gasteiger charge is -2.22. The molecule has 2 fully saturated rings. The van der Waals surface area contributed by atoms with Crippen LogP contribution < -0.4 is 0 Å². The summed E-state index contributed by atoms with van der Waals surface area (Å²) in [5, 5.41) is 8.30. The van der Waals surface area contributed by atoms with Crippen LogP contribution in [0.15, 0.2) is 23.0 Å². The second kappa shape index (κ2) is 4.34. The lowest BCUT2D eigenvalue weighted by atomic mass is 10.2. The molecular weight excluding hydrogens is 254 g/mol. The van der Waals surface area contributed by atoms with E-state index in [4.69, 9.17) is 4.42 Å². The van der Waals surface area contributed by atoms with Gasteiger partial charge in [-0.1, -0.05) is 0 Å². The van der Waals surface area contributed by atoms with E-state index in [2.05, 4.69) is 38.9 Å². The van der Waals surface area contributed by atoms with Gasteiger partial charge in [0, 0.05) is 37.4 Å². The zero-order chi connectivity index (χ0) is 13.7. The summed E-state index contributed by atoms with van der Waals surface area (Å²) in [6.45, 7) is 6.79. The quantitative estimate of drug-likeness (QED) is 0.844.